The lowest BCUT2D eigenvalue weighted by atomic mass is 10.1. The number of ether oxygens (including phenoxy) is 1. The van der Waals surface area contributed by atoms with Crippen molar-refractivity contribution in [1.82, 2.24) is 19.9 Å². The van der Waals surface area contributed by atoms with Gasteiger partial charge in [0.2, 0.25) is 0 Å². The van der Waals surface area contributed by atoms with E-state index in [1.54, 1.807) is 18.2 Å². The molecule has 222 valence electrons. The fourth-order valence-electron chi connectivity index (χ4n) is 4.70. The number of aromatic nitrogens is 3. The van der Waals surface area contributed by atoms with Gasteiger partial charge in [0.25, 0.3) is 0 Å². The van der Waals surface area contributed by atoms with E-state index in [0.717, 1.165) is 16.6 Å². The number of nitrogens with zero attached hydrogens (tertiary/aromatic N) is 4. The van der Waals surface area contributed by atoms with Gasteiger partial charge in [-0.1, -0.05) is 18.2 Å². The highest BCUT2D eigenvalue weighted by Crippen LogP contribution is 2.39. The van der Waals surface area contributed by atoms with Crippen LogP contribution in [0.4, 0.5) is 29.1 Å². The molecule has 0 unspecified atom stereocenters. The monoisotopic (exact) mass is 629 g/mol. The molecule has 1 aliphatic heterocycles. The normalized spacial score (nSPS) is 15.2. The summed E-state index contributed by atoms with van der Waals surface area (Å²) in [5, 5.41) is 6.18. The molecule has 0 bridgehead atoms. The number of rotatable bonds is 8. The lowest BCUT2D eigenvalue weighted by Crippen LogP contribution is -2.20. The van der Waals surface area contributed by atoms with Crippen molar-refractivity contribution in [1.29, 1.82) is 0 Å². The average molecular weight is 630 g/mol. The molecule has 2 aromatic heterocycles. The number of anilines is 2. The standard InChI is InChI=1S/C29H23F4N5O3S2/c30-20-3-1-2-18(10-20)14-41-26-7-5-21(12-23(26)29(31,32)33)36-28-22-11-19(4-6-24(22)34-16-35-28)25-15-42-27(37-25)13-38-8-9-43(39,40)17-38/h1-7,10-12,15-16H,8-9,13-14,17H2,(H,34,35,36). The van der Waals surface area contributed by atoms with Crippen LogP contribution in [0.1, 0.15) is 16.1 Å². The molecular weight excluding hydrogens is 606 g/mol. The molecule has 0 amide bonds. The summed E-state index contributed by atoms with van der Waals surface area (Å²) in [6.07, 6.45) is -3.39. The SMILES string of the molecule is O=S1(=O)CCN(Cc2nc(-c3ccc4ncnc(Nc5ccc(OCc6cccc(F)c6)c(C(F)(F)F)c5)c4c3)cs2)C1. The Balaban J connectivity index is 1.24. The average Bonchev–Trinajstić information content (AvgIpc) is 3.57. The van der Waals surface area contributed by atoms with Crippen molar-refractivity contribution >= 4 is 43.6 Å². The van der Waals surface area contributed by atoms with E-state index in [9.17, 15) is 26.0 Å². The van der Waals surface area contributed by atoms with Crippen LogP contribution >= 0.6 is 11.3 Å². The molecule has 14 heteroatoms. The van der Waals surface area contributed by atoms with Crippen molar-refractivity contribution in [3.8, 4) is 17.0 Å². The van der Waals surface area contributed by atoms with Crippen molar-refractivity contribution in [2.75, 3.05) is 23.5 Å². The summed E-state index contributed by atoms with van der Waals surface area (Å²) in [6.45, 7) is 0.662. The number of halogens is 4. The Morgan fingerprint density at radius 3 is 2.67 bits per heavy atom. The first kappa shape index (κ1) is 29.0. The molecule has 5 aromatic rings. The van der Waals surface area contributed by atoms with Gasteiger partial charge in [0.1, 0.15) is 41.2 Å². The molecule has 8 nitrogen and oxygen atoms in total. The van der Waals surface area contributed by atoms with Crippen LogP contribution in [0.25, 0.3) is 22.2 Å². The fraction of sp³-hybridized carbons (Fsp3) is 0.207. The highest BCUT2D eigenvalue weighted by atomic mass is 32.2. The third kappa shape index (κ3) is 6.76. The Bertz CT molecular complexity index is 1910. The van der Waals surface area contributed by atoms with E-state index in [2.05, 4.69) is 20.3 Å². The molecule has 1 fully saturated rings. The molecule has 1 N–H and O–H groups in total. The van der Waals surface area contributed by atoms with Crippen molar-refractivity contribution < 1.29 is 30.7 Å². The van der Waals surface area contributed by atoms with Gasteiger partial charge in [-0.25, -0.2) is 27.8 Å². The minimum atomic E-state index is -4.71. The summed E-state index contributed by atoms with van der Waals surface area (Å²) in [4.78, 5) is 15.0. The predicted octanol–water partition coefficient (Wildman–Crippen LogP) is 6.42. The summed E-state index contributed by atoms with van der Waals surface area (Å²) in [7, 11) is -3.05. The van der Waals surface area contributed by atoms with Crippen molar-refractivity contribution in [2.45, 2.75) is 19.3 Å². The molecule has 6 rings (SSSR count). The summed E-state index contributed by atoms with van der Waals surface area (Å²) < 4.78 is 84.4. The van der Waals surface area contributed by atoms with E-state index in [1.807, 2.05) is 16.3 Å². The second-order valence-electron chi connectivity index (χ2n) is 9.96. The van der Waals surface area contributed by atoms with E-state index in [1.165, 1.54) is 48.0 Å². The van der Waals surface area contributed by atoms with Crippen molar-refractivity contribution in [3.63, 3.8) is 0 Å². The number of benzene rings is 3. The molecule has 0 aliphatic carbocycles. The minimum Gasteiger partial charge on any atom is -0.488 e. The molecule has 0 saturated carbocycles. The number of hydrogen-bond donors (Lipinski definition) is 1. The number of sulfone groups is 1. The maximum atomic E-state index is 14.0. The Labute approximate surface area is 247 Å². The topological polar surface area (TPSA) is 97.3 Å². The second-order valence-corrected chi connectivity index (χ2v) is 13.1. The van der Waals surface area contributed by atoms with Crippen LogP contribution in [0.5, 0.6) is 5.75 Å². The quantitative estimate of drug-likeness (QED) is 0.197. The lowest BCUT2D eigenvalue weighted by molar-refractivity contribution is -0.139. The zero-order valence-corrected chi connectivity index (χ0v) is 23.9. The Hall–Kier alpha value is -4.14. The van der Waals surface area contributed by atoms with Gasteiger partial charge in [0.15, 0.2) is 9.84 Å². The minimum absolute atomic E-state index is 0.0143. The molecule has 1 aliphatic rings. The lowest BCUT2D eigenvalue weighted by Gasteiger charge is -2.16. The second kappa shape index (κ2) is 11.5. The van der Waals surface area contributed by atoms with Crippen LogP contribution in [-0.4, -0.2) is 46.4 Å². The van der Waals surface area contributed by atoms with Gasteiger partial charge < -0.3 is 10.1 Å². The maximum absolute atomic E-state index is 14.0. The predicted molar refractivity (Wildman–Crippen MR) is 155 cm³/mol. The Kier molecular flexibility index (Phi) is 7.75. The molecule has 0 spiro atoms. The Morgan fingerprint density at radius 2 is 1.91 bits per heavy atom. The van der Waals surface area contributed by atoms with E-state index in [-0.39, 0.29) is 29.7 Å². The molecule has 3 heterocycles. The largest absolute Gasteiger partial charge is 0.488 e. The van der Waals surface area contributed by atoms with Gasteiger partial charge in [-0.2, -0.15) is 13.2 Å². The highest BCUT2D eigenvalue weighted by molar-refractivity contribution is 7.91. The molecule has 0 radical (unpaired) electrons. The van der Waals surface area contributed by atoms with Crippen LogP contribution in [-0.2, 0) is 29.2 Å². The fourth-order valence-corrected chi connectivity index (χ4v) is 6.99. The van der Waals surface area contributed by atoms with Gasteiger partial charge in [-0.05, 0) is 48.0 Å². The van der Waals surface area contributed by atoms with Gasteiger partial charge in [0, 0.05) is 28.6 Å². The van der Waals surface area contributed by atoms with Crippen LogP contribution < -0.4 is 10.1 Å². The van der Waals surface area contributed by atoms with Gasteiger partial charge in [-0.15, -0.1) is 11.3 Å². The summed E-state index contributed by atoms with van der Waals surface area (Å²) in [5.41, 5.74) is 1.54. The van der Waals surface area contributed by atoms with E-state index in [0.29, 0.717) is 41.1 Å². The number of nitrogens with one attached hydrogen (secondary N) is 1. The molecular formula is C29H23F4N5O3S2. The van der Waals surface area contributed by atoms with Crippen LogP contribution in [0.15, 0.2) is 72.4 Å². The zero-order valence-electron chi connectivity index (χ0n) is 22.3. The van der Waals surface area contributed by atoms with E-state index >= 15 is 0 Å². The van der Waals surface area contributed by atoms with Crippen molar-refractivity contribution in [2.24, 2.45) is 0 Å². The van der Waals surface area contributed by atoms with Gasteiger partial charge in [-0.3, -0.25) is 4.90 Å². The van der Waals surface area contributed by atoms with E-state index in [4.69, 9.17) is 4.74 Å². The van der Waals surface area contributed by atoms with Crippen LogP contribution in [0, 0.1) is 5.82 Å². The number of thiazole rings is 1. The summed E-state index contributed by atoms with van der Waals surface area (Å²) in [6, 6.07) is 14.5. The first-order chi connectivity index (χ1) is 20.5. The molecule has 43 heavy (non-hydrogen) atoms. The van der Waals surface area contributed by atoms with Gasteiger partial charge in [0.05, 0.1) is 29.1 Å². The maximum Gasteiger partial charge on any atom is 0.420 e. The van der Waals surface area contributed by atoms with Crippen LogP contribution in [0.2, 0.25) is 0 Å². The third-order valence-electron chi connectivity index (χ3n) is 6.77. The Morgan fingerprint density at radius 1 is 1.05 bits per heavy atom. The first-order valence-corrected chi connectivity index (χ1v) is 15.7. The number of fused-ring (bicyclic) bond motifs is 1. The number of hydrogen-bond acceptors (Lipinski definition) is 9. The number of alkyl halides is 3. The highest BCUT2D eigenvalue weighted by Gasteiger charge is 2.35. The molecule has 0 atom stereocenters. The van der Waals surface area contributed by atoms with Gasteiger partial charge >= 0.3 is 6.18 Å². The van der Waals surface area contributed by atoms with E-state index < -0.39 is 27.4 Å². The molecule has 3 aromatic carbocycles. The zero-order chi connectivity index (χ0) is 30.2. The summed E-state index contributed by atoms with van der Waals surface area (Å²) in [5.74, 6) is -0.442. The smallest absolute Gasteiger partial charge is 0.420 e. The van der Waals surface area contributed by atoms with Crippen molar-refractivity contribution in [3.05, 3.63) is 94.3 Å². The van der Waals surface area contributed by atoms with Crippen LogP contribution in [0.3, 0.4) is 0 Å². The first-order valence-electron chi connectivity index (χ1n) is 13.0. The third-order valence-corrected chi connectivity index (χ3v) is 9.17. The molecule has 1 saturated heterocycles. The summed E-state index contributed by atoms with van der Waals surface area (Å²) >= 11 is 1.42.